The van der Waals surface area contributed by atoms with E-state index in [0.29, 0.717) is 18.7 Å². The van der Waals surface area contributed by atoms with Crippen molar-refractivity contribution in [2.45, 2.75) is 0 Å². The molecule has 2 aromatic rings. The SMILES string of the molecule is CN=C(NCCNC(=O)c1ccccc1)N1CCN(c2cccc(OC)c2)CC1. The molecule has 0 radical (unpaired) electrons. The second-order valence-electron chi connectivity index (χ2n) is 6.77. The largest absolute Gasteiger partial charge is 0.497 e. The van der Waals surface area contributed by atoms with Gasteiger partial charge in [0.1, 0.15) is 5.75 Å². The van der Waals surface area contributed by atoms with E-state index in [2.05, 4.69) is 37.6 Å². The first-order valence-corrected chi connectivity index (χ1v) is 9.89. The lowest BCUT2D eigenvalue weighted by atomic mass is 10.2. The van der Waals surface area contributed by atoms with Crippen LogP contribution in [-0.2, 0) is 0 Å². The fourth-order valence-electron chi connectivity index (χ4n) is 3.36. The summed E-state index contributed by atoms with van der Waals surface area (Å²) >= 11 is 0. The third-order valence-corrected chi connectivity index (χ3v) is 4.94. The fraction of sp³-hybridized carbons (Fsp3) is 0.364. The summed E-state index contributed by atoms with van der Waals surface area (Å²) in [5.74, 6) is 1.68. The van der Waals surface area contributed by atoms with Crippen LogP contribution in [-0.4, -0.2) is 70.2 Å². The summed E-state index contributed by atoms with van der Waals surface area (Å²) < 4.78 is 5.33. The maximum Gasteiger partial charge on any atom is 0.251 e. The molecule has 0 aliphatic carbocycles. The average Bonchev–Trinajstić information content (AvgIpc) is 2.80. The van der Waals surface area contributed by atoms with Crippen molar-refractivity contribution in [1.29, 1.82) is 0 Å². The molecule has 154 valence electrons. The molecule has 1 heterocycles. The van der Waals surface area contributed by atoms with Crippen LogP contribution in [0, 0.1) is 0 Å². The number of benzene rings is 2. The zero-order valence-electron chi connectivity index (χ0n) is 17.1. The van der Waals surface area contributed by atoms with E-state index in [1.54, 1.807) is 14.2 Å². The van der Waals surface area contributed by atoms with Gasteiger partial charge in [0.05, 0.1) is 7.11 Å². The molecule has 3 rings (SSSR count). The number of hydrogen-bond donors (Lipinski definition) is 2. The number of guanidine groups is 1. The maximum absolute atomic E-state index is 12.1. The van der Waals surface area contributed by atoms with Crippen LogP contribution in [0.25, 0.3) is 0 Å². The van der Waals surface area contributed by atoms with Crippen molar-refractivity contribution in [3.63, 3.8) is 0 Å². The molecular weight excluding hydrogens is 366 g/mol. The van der Waals surface area contributed by atoms with E-state index in [1.165, 1.54) is 5.69 Å². The fourth-order valence-corrected chi connectivity index (χ4v) is 3.36. The summed E-state index contributed by atoms with van der Waals surface area (Å²) in [7, 11) is 3.48. The maximum atomic E-state index is 12.1. The molecule has 1 saturated heterocycles. The van der Waals surface area contributed by atoms with Crippen molar-refractivity contribution in [2.75, 3.05) is 58.3 Å². The quantitative estimate of drug-likeness (QED) is 0.444. The van der Waals surface area contributed by atoms with Crippen LogP contribution in [0.2, 0.25) is 0 Å². The molecule has 1 fully saturated rings. The van der Waals surface area contributed by atoms with Crippen LogP contribution >= 0.6 is 0 Å². The van der Waals surface area contributed by atoms with Crippen molar-refractivity contribution < 1.29 is 9.53 Å². The summed E-state index contributed by atoms with van der Waals surface area (Å²) in [6.07, 6.45) is 0. The molecule has 7 heteroatoms. The predicted molar refractivity (Wildman–Crippen MR) is 117 cm³/mol. The van der Waals surface area contributed by atoms with Crippen molar-refractivity contribution >= 4 is 17.6 Å². The van der Waals surface area contributed by atoms with Gasteiger partial charge in [0, 0.05) is 63.6 Å². The molecular formula is C22H29N5O2. The number of anilines is 1. The van der Waals surface area contributed by atoms with E-state index in [9.17, 15) is 4.79 Å². The van der Waals surface area contributed by atoms with Gasteiger partial charge in [-0.25, -0.2) is 0 Å². The number of carbonyl (C=O) groups is 1. The number of ether oxygens (including phenoxy) is 1. The number of amides is 1. The lowest BCUT2D eigenvalue weighted by Gasteiger charge is -2.37. The molecule has 0 unspecified atom stereocenters. The molecule has 29 heavy (non-hydrogen) atoms. The van der Waals surface area contributed by atoms with Gasteiger partial charge in [-0.15, -0.1) is 0 Å². The first-order valence-electron chi connectivity index (χ1n) is 9.89. The van der Waals surface area contributed by atoms with Gasteiger partial charge in [0.15, 0.2) is 5.96 Å². The van der Waals surface area contributed by atoms with Gasteiger partial charge < -0.3 is 25.2 Å². The minimum Gasteiger partial charge on any atom is -0.497 e. The number of aliphatic imine (C=N–C) groups is 1. The highest BCUT2D eigenvalue weighted by molar-refractivity contribution is 5.94. The number of piperazine rings is 1. The molecule has 1 aliphatic heterocycles. The Hall–Kier alpha value is -3.22. The minimum atomic E-state index is -0.0608. The summed E-state index contributed by atoms with van der Waals surface area (Å²) in [5, 5.41) is 6.27. The van der Waals surface area contributed by atoms with E-state index >= 15 is 0 Å². The Morgan fingerprint density at radius 2 is 1.72 bits per heavy atom. The summed E-state index contributed by atoms with van der Waals surface area (Å²) in [6, 6.07) is 17.4. The summed E-state index contributed by atoms with van der Waals surface area (Å²) in [5.41, 5.74) is 1.85. The van der Waals surface area contributed by atoms with E-state index < -0.39 is 0 Å². The van der Waals surface area contributed by atoms with E-state index in [0.717, 1.165) is 37.9 Å². The van der Waals surface area contributed by atoms with E-state index in [-0.39, 0.29) is 5.91 Å². The topological polar surface area (TPSA) is 69.2 Å². The molecule has 2 N–H and O–H groups in total. The first kappa shape index (κ1) is 20.5. The minimum absolute atomic E-state index is 0.0608. The zero-order chi connectivity index (χ0) is 20.5. The molecule has 0 spiro atoms. The molecule has 7 nitrogen and oxygen atoms in total. The number of nitrogens with one attached hydrogen (secondary N) is 2. The highest BCUT2D eigenvalue weighted by Crippen LogP contribution is 2.22. The predicted octanol–water partition coefficient (Wildman–Crippen LogP) is 1.82. The molecule has 1 amide bonds. The number of nitrogens with zero attached hydrogens (tertiary/aromatic N) is 3. The second-order valence-corrected chi connectivity index (χ2v) is 6.77. The third kappa shape index (κ3) is 5.63. The lowest BCUT2D eigenvalue weighted by Crippen LogP contribution is -2.53. The Morgan fingerprint density at radius 1 is 1.00 bits per heavy atom. The first-order chi connectivity index (χ1) is 14.2. The van der Waals surface area contributed by atoms with Gasteiger partial charge in [-0.1, -0.05) is 24.3 Å². The molecule has 2 aromatic carbocycles. The number of hydrogen-bond acceptors (Lipinski definition) is 4. The average molecular weight is 396 g/mol. The van der Waals surface area contributed by atoms with Crippen LogP contribution in [0.1, 0.15) is 10.4 Å². The normalized spacial score (nSPS) is 14.5. The lowest BCUT2D eigenvalue weighted by molar-refractivity contribution is 0.0954. The van der Waals surface area contributed by atoms with Crippen molar-refractivity contribution in [3.8, 4) is 5.75 Å². The number of methoxy groups -OCH3 is 1. The van der Waals surface area contributed by atoms with Crippen molar-refractivity contribution in [2.24, 2.45) is 4.99 Å². The molecule has 0 aromatic heterocycles. The second kappa shape index (κ2) is 10.4. The molecule has 1 aliphatic rings. The Bertz CT molecular complexity index is 817. The number of carbonyl (C=O) groups excluding carboxylic acids is 1. The smallest absolute Gasteiger partial charge is 0.251 e. The van der Waals surface area contributed by atoms with Gasteiger partial charge in [0.25, 0.3) is 5.91 Å². The Labute approximate surface area is 172 Å². The van der Waals surface area contributed by atoms with Crippen LogP contribution < -0.4 is 20.3 Å². The molecule has 0 saturated carbocycles. The van der Waals surface area contributed by atoms with Gasteiger partial charge in [0.2, 0.25) is 0 Å². The Balaban J connectivity index is 1.42. The van der Waals surface area contributed by atoms with Crippen LogP contribution in [0.15, 0.2) is 59.6 Å². The molecule has 0 bridgehead atoms. The zero-order valence-corrected chi connectivity index (χ0v) is 17.1. The number of rotatable bonds is 6. The standard InChI is InChI=1S/C22H29N5O2/c1-23-22(25-12-11-24-21(28)18-7-4-3-5-8-18)27-15-13-26(14-16-27)19-9-6-10-20(17-19)29-2/h3-10,17H,11-16H2,1-2H3,(H,23,25)(H,24,28). The third-order valence-electron chi connectivity index (χ3n) is 4.94. The van der Waals surface area contributed by atoms with E-state index in [1.807, 2.05) is 42.5 Å². The van der Waals surface area contributed by atoms with Crippen LogP contribution in [0.3, 0.4) is 0 Å². The summed E-state index contributed by atoms with van der Waals surface area (Å²) in [4.78, 5) is 21.1. The van der Waals surface area contributed by atoms with Gasteiger partial charge in [-0.05, 0) is 24.3 Å². The van der Waals surface area contributed by atoms with Gasteiger partial charge in [-0.3, -0.25) is 9.79 Å². The highest BCUT2D eigenvalue weighted by atomic mass is 16.5. The van der Waals surface area contributed by atoms with E-state index in [4.69, 9.17) is 4.74 Å². The van der Waals surface area contributed by atoms with Crippen molar-refractivity contribution in [3.05, 3.63) is 60.2 Å². The van der Waals surface area contributed by atoms with Crippen molar-refractivity contribution in [1.82, 2.24) is 15.5 Å². The Kier molecular flexibility index (Phi) is 7.33. The van der Waals surface area contributed by atoms with Crippen LogP contribution in [0.4, 0.5) is 5.69 Å². The summed E-state index contributed by atoms with van der Waals surface area (Å²) in [6.45, 7) is 4.76. The molecule has 0 atom stereocenters. The highest BCUT2D eigenvalue weighted by Gasteiger charge is 2.20. The monoisotopic (exact) mass is 395 g/mol. The van der Waals surface area contributed by atoms with Crippen LogP contribution in [0.5, 0.6) is 5.75 Å². The van der Waals surface area contributed by atoms with Gasteiger partial charge >= 0.3 is 0 Å². The van der Waals surface area contributed by atoms with Gasteiger partial charge in [-0.2, -0.15) is 0 Å². The Morgan fingerprint density at radius 3 is 2.41 bits per heavy atom.